The first-order valence-corrected chi connectivity index (χ1v) is 4.76. The summed E-state index contributed by atoms with van der Waals surface area (Å²) < 4.78 is 0. The summed E-state index contributed by atoms with van der Waals surface area (Å²) in [6.07, 6.45) is 4.40. The zero-order valence-corrected chi connectivity index (χ0v) is 8.27. The third kappa shape index (κ3) is 2.11. The minimum absolute atomic E-state index is 0.460. The average Bonchev–Trinajstić information content (AvgIpc) is 2.51. The number of hydrogen-bond acceptors (Lipinski definition) is 5. The molecule has 0 aromatic carbocycles. The molecule has 5 nitrogen and oxygen atoms in total. The summed E-state index contributed by atoms with van der Waals surface area (Å²) >= 11 is 0. The van der Waals surface area contributed by atoms with Gasteiger partial charge in [0.25, 0.3) is 0 Å². The van der Waals surface area contributed by atoms with Gasteiger partial charge in [-0.05, 0) is 20.0 Å². The summed E-state index contributed by atoms with van der Waals surface area (Å²) in [6, 6.07) is 0.469. The van der Waals surface area contributed by atoms with E-state index >= 15 is 0 Å². The number of likely N-dealkylation sites (N-methyl/N-ethyl adjacent to an activating group) is 1. The van der Waals surface area contributed by atoms with Gasteiger partial charge in [0.2, 0.25) is 0 Å². The molecule has 14 heavy (non-hydrogen) atoms. The molecule has 2 rings (SSSR count). The van der Waals surface area contributed by atoms with Gasteiger partial charge in [-0.15, -0.1) is 0 Å². The Labute approximate surface area is 83.3 Å². The topological polar surface area (TPSA) is 67.1 Å². The van der Waals surface area contributed by atoms with Crippen LogP contribution < -0.4 is 11.1 Å². The molecule has 0 aliphatic carbocycles. The van der Waals surface area contributed by atoms with Gasteiger partial charge in [-0.3, -0.25) is 4.98 Å². The largest absolute Gasteiger partial charge is 0.382 e. The Morgan fingerprint density at radius 2 is 2.43 bits per heavy atom. The molecule has 1 fully saturated rings. The van der Waals surface area contributed by atoms with Gasteiger partial charge in [0.1, 0.15) is 11.6 Å². The molecule has 0 saturated carbocycles. The van der Waals surface area contributed by atoms with Crippen molar-refractivity contribution in [3.05, 3.63) is 12.4 Å². The fourth-order valence-electron chi connectivity index (χ4n) is 1.71. The third-order valence-corrected chi connectivity index (χ3v) is 2.40. The zero-order chi connectivity index (χ0) is 9.97. The molecule has 3 N–H and O–H groups in total. The van der Waals surface area contributed by atoms with Crippen molar-refractivity contribution in [1.82, 2.24) is 14.9 Å². The molecule has 76 valence electrons. The van der Waals surface area contributed by atoms with Gasteiger partial charge in [0.05, 0.1) is 12.4 Å². The van der Waals surface area contributed by atoms with Crippen molar-refractivity contribution >= 4 is 11.6 Å². The minimum atomic E-state index is 0.460. The van der Waals surface area contributed by atoms with Crippen LogP contribution in [0.1, 0.15) is 6.42 Å². The molecule has 1 aromatic heterocycles. The Bertz CT molecular complexity index is 314. The van der Waals surface area contributed by atoms with Crippen LogP contribution in [0.4, 0.5) is 11.6 Å². The monoisotopic (exact) mass is 193 g/mol. The molecule has 5 heteroatoms. The first-order chi connectivity index (χ1) is 6.74. The van der Waals surface area contributed by atoms with E-state index in [0.29, 0.717) is 11.9 Å². The van der Waals surface area contributed by atoms with E-state index in [2.05, 4.69) is 27.2 Å². The van der Waals surface area contributed by atoms with Crippen molar-refractivity contribution < 1.29 is 0 Å². The SMILES string of the molecule is CN1CCC(Nc2cncc(N)n2)C1. The molecule has 1 unspecified atom stereocenters. The highest BCUT2D eigenvalue weighted by molar-refractivity contribution is 5.39. The van der Waals surface area contributed by atoms with E-state index in [1.165, 1.54) is 0 Å². The maximum atomic E-state index is 5.54. The van der Waals surface area contributed by atoms with Crippen molar-refractivity contribution in [2.75, 3.05) is 31.2 Å². The van der Waals surface area contributed by atoms with Crippen LogP contribution in [-0.4, -0.2) is 41.0 Å². The lowest BCUT2D eigenvalue weighted by atomic mass is 10.3. The minimum Gasteiger partial charge on any atom is -0.382 e. The molecule has 0 bridgehead atoms. The summed E-state index contributed by atoms with van der Waals surface area (Å²) in [5.74, 6) is 1.23. The standard InChI is InChI=1S/C9H15N5/c1-14-3-2-7(6-14)12-9-5-11-4-8(10)13-9/h4-5,7H,2-3,6H2,1H3,(H3,10,12,13). The second-order valence-corrected chi connectivity index (χ2v) is 3.72. The highest BCUT2D eigenvalue weighted by atomic mass is 15.2. The van der Waals surface area contributed by atoms with Gasteiger partial charge in [-0.2, -0.15) is 0 Å². The number of rotatable bonds is 2. The number of aromatic nitrogens is 2. The van der Waals surface area contributed by atoms with Crippen LogP contribution in [0.15, 0.2) is 12.4 Å². The van der Waals surface area contributed by atoms with Crippen molar-refractivity contribution in [1.29, 1.82) is 0 Å². The number of anilines is 2. The van der Waals surface area contributed by atoms with E-state index in [1.807, 2.05) is 0 Å². The van der Waals surface area contributed by atoms with Gasteiger partial charge in [0, 0.05) is 12.6 Å². The van der Waals surface area contributed by atoms with Crippen molar-refractivity contribution in [2.24, 2.45) is 0 Å². The van der Waals surface area contributed by atoms with Crippen molar-refractivity contribution in [3.63, 3.8) is 0 Å². The van der Waals surface area contributed by atoms with E-state index in [4.69, 9.17) is 5.73 Å². The van der Waals surface area contributed by atoms with Gasteiger partial charge in [0.15, 0.2) is 0 Å². The first-order valence-electron chi connectivity index (χ1n) is 4.76. The van der Waals surface area contributed by atoms with Crippen LogP contribution in [0.2, 0.25) is 0 Å². The Balaban J connectivity index is 1.97. The van der Waals surface area contributed by atoms with E-state index in [-0.39, 0.29) is 0 Å². The number of nitrogen functional groups attached to an aromatic ring is 1. The molecular weight excluding hydrogens is 178 g/mol. The maximum absolute atomic E-state index is 5.54. The van der Waals surface area contributed by atoms with E-state index in [9.17, 15) is 0 Å². The Morgan fingerprint density at radius 3 is 3.07 bits per heavy atom. The van der Waals surface area contributed by atoms with Crippen molar-refractivity contribution in [2.45, 2.75) is 12.5 Å². The first kappa shape index (κ1) is 9.21. The second-order valence-electron chi connectivity index (χ2n) is 3.72. The quantitative estimate of drug-likeness (QED) is 0.701. The lowest BCUT2D eigenvalue weighted by Crippen LogP contribution is -2.24. The molecule has 1 atom stereocenters. The predicted molar refractivity (Wildman–Crippen MR) is 56.0 cm³/mol. The fraction of sp³-hybridized carbons (Fsp3) is 0.556. The van der Waals surface area contributed by atoms with Crippen molar-refractivity contribution in [3.8, 4) is 0 Å². The molecule has 1 aliphatic heterocycles. The normalized spacial score (nSPS) is 22.5. The molecule has 0 amide bonds. The summed E-state index contributed by atoms with van der Waals surface area (Å²) in [5, 5.41) is 3.32. The summed E-state index contributed by atoms with van der Waals surface area (Å²) in [7, 11) is 2.12. The Morgan fingerprint density at radius 1 is 1.57 bits per heavy atom. The van der Waals surface area contributed by atoms with Crippen LogP contribution >= 0.6 is 0 Å². The summed E-state index contributed by atoms with van der Waals surface area (Å²) in [4.78, 5) is 10.4. The predicted octanol–water partition coefficient (Wildman–Crippen LogP) is 0.175. The van der Waals surface area contributed by atoms with Crippen LogP contribution in [0, 0.1) is 0 Å². The van der Waals surface area contributed by atoms with Crippen LogP contribution in [0.25, 0.3) is 0 Å². The lowest BCUT2D eigenvalue weighted by Gasteiger charge is -2.12. The van der Waals surface area contributed by atoms with Gasteiger partial charge >= 0.3 is 0 Å². The average molecular weight is 193 g/mol. The molecule has 1 aromatic rings. The molecule has 0 radical (unpaired) electrons. The van der Waals surface area contributed by atoms with Gasteiger partial charge < -0.3 is 16.0 Å². The maximum Gasteiger partial charge on any atom is 0.147 e. The Hall–Kier alpha value is -1.36. The summed E-state index contributed by atoms with van der Waals surface area (Å²) in [5.41, 5.74) is 5.54. The molecule has 1 aliphatic rings. The lowest BCUT2D eigenvalue weighted by molar-refractivity contribution is 0.414. The van der Waals surface area contributed by atoms with E-state index in [0.717, 1.165) is 25.3 Å². The molecule has 0 spiro atoms. The number of nitrogens with one attached hydrogen (secondary N) is 1. The highest BCUT2D eigenvalue weighted by Gasteiger charge is 2.19. The van der Waals surface area contributed by atoms with Crippen LogP contribution in [0.3, 0.4) is 0 Å². The van der Waals surface area contributed by atoms with Gasteiger partial charge in [-0.25, -0.2) is 4.98 Å². The highest BCUT2D eigenvalue weighted by Crippen LogP contribution is 2.12. The van der Waals surface area contributed by atoms with Crippen LogP contribution in [-0.2, 0) is 0 Å². The number of nitrogens with zero attached hydrogens (tertiary/aromatic N) is 3. The Kier molecular flexibility index (Phi) is 2.49. The number of hydrogen-bond donors (Lipinski definition) is 2. The number of nitrogens with two attached hydrogens (primary N) is 1. The van der Waals surface area contributed by atoms with Crippen LogP contribution in [0.5, 0.6) is 0 Å². The second kappa shape index (κ2) is 3.79. The number of likely N-dealkylation sites (tertiary alicyclic amines) is 1. The fourth-order valence-corrected chi connectivity index (χ4v) is 1.71. The van der Waals surface area contributed by atoms with E-state index in [1.54, 1.807) is 12.4 Å². The smallest absolute Gasteiger partial charge is 0.147 e. The summed E-state index contributed by atoms with van der Waals surface area (Å²) in [6.45, 7) is 2.18. The zero-order valence-electron chi connectivity index (χ0n) is 8.27. The molecular formula is C9H15N5. The molecule has 1 saturated heterocycles. The molecule has 2 heterocycles. The van der Waals surface area contributed by atoms with E-state index < -0.39 is 0 Å². The van der Waals surface area contributed by atoms with Gasteiger partial charge in [-0.1, -0.05) is 0 Å². The third-order valence-electron chi connectivity index (χ3n) is 2.40.